The lowest BCUT2D eigenvalue weighted by molar-refractivity contribution is 0.479. The molecule has 3 rings (SSSR count). The minimum Gasteiger partial charge on any atom is -0.457 e. The molecule has 0 aromatic carbocycles. The fraction of sp³-hybridized carbons (Fsp3) is 0.500. The number of furan rings is 1. The van der Waals surface area contributed by atoms with Gasteiger partial charge in [0.05, 0.1) is 6.54 Å². The van der Waals surface area contributed by atoms with Gasteiger partial charge < -0.3 is 14.3 Å². The van der Waals surface area contributed by atoms with Crippen molar-refractivity contribution in [3.05, 3.63) is 23.7 Å². The molecule has 0 atom stereocenters. The molecule has 0 fully saturated rings. The Hall–Kier alpha value is -1.62. The molecule has 0 aliphatic carbocycles. The van der Waals surface area contributed by atoms with Gasteiger partial charge in [0.25, 0.3) is 0 Å². The van der Waals surface area contributed by atoms with Crippen molar-refractivity contribution in [2.24, 2.45) is 0 Å². The van der Waals surface area contributed by atoms with Gasteiger partial charge in [-0.25, -0.2) is 0 Å². The summed E-state index contributed by atoms with van der Waals surface area (Å²) >= 11 is 0. The predicted molar refractivity (Wildman–Crippen MR) is 63.5 cm³/mol. The molecule has 5 heteroatoms. The standard InChI is InChI=1S/C12H16N4O/c1-8(2)9-3-4-10(17-9)12-15-14-11-7-13-5-6-16(11)12/h3-4,8,13H,5-7H2,1-2H3. The molecule has 0 amide bonds. The monoisotopic (exact) mass is 232 g/mol. The molecule has 2 aromatic rings. The molecule has 5 nitrogen and oxygen atoms in total. The summed E-state index contributed by atoms with van der Waals surface area (Å²) in [6.07, 6.45) is 0. The summed E-state index contributed by atoms with van der Waals surface area (Å²) < 4.78 is 7.94. The molecule has 0 saturated heterocycles. The third-order valence-corrected chi connectivity index (χ3v) is 3.04. The number of aromatic nitrogens is 3. The van der Waals surface area contributed by atoms with Gasteiger partial charge in [0.1, 0.15) is 11.6 Å². The maximum atomic E-state index is 5.81. The van der Waals surface area contributed by atoms with Gasteiger partial charge in [0.15, 0.2) is 11.6 Å². The van der Waals surface area contributed by atoms with Crippen LogP contribution in [0.1, 0.15) is 31.4 Å². The van der Waals surface area contributed by atoms with Crippen LogP contribution in [0.5, 0.6) is 0 Å². The van der Waals surface area contributed by atoms with Crippen LogP contribution in [0.3, 0.4) is 0 Å². The zero-order chi connectivity index (χ0) is 11.8. The van der Waals surface area contributed by atoms with Crippen molar-refractivity contribution in [2.45, 2.75) is 32.9 Å². The lowest BCUT2D eigenvalue weighted by Crippen LogP contribution is -2.28. The topological polar surface area (TPSA) is 55.9 Å². The zero-order valence-corrected chi connectivity index (χ0v) is 10.1. The van der Waals surface area contributed by atoms with E-state index in [9.17, 15) is 0 Å². The van der Waals surface area contributed by atoms with Gasteiger partial charge in [-0.2, -0.15) is 0 Å². The highest BCUT2D eigenvalue weighted by atomic mass is 16.3. The van der Waals surface area contributed by atoms with E-state index >= 15 is 0 Å². The number of nitrogens with one attached hydrogen (secondary N) is 1. The third kappa shape index (κ3) is 1.76. The van der Waals surface area contributed by atoms with E-state index in [4.69, 9.17) is 4.42 Å². The van der Waals surface area contributed by atoms with Crippen LogP contribution >= 0.6 is 0 Å². The summed E-state index contributed by atoms with van der Waals surface area (Å²) in [6, 6.07) is 4.00. The first-order valence-electron chi connectivity index (χ1n) is 5.98. The highest BCUT2D eigenvalue weighted by molar-refractivity contribution is 5.48. The molecular formula is C12H16N4O. The normalized spacial score (nSPS) is 15.2. The molecule has 0 saturated carbocycles. The first kappa shape index (κ1) is 10.5. The van der Waals surface area contributed by atoms with Gasteiger partial charge in [0, 0.05) is 19.0 Å². The van der Waals surface area contributed by atoms with E-state index in [-0.39, 0.29) is 0 Å². The second kappa shape index (κ2) is 4.00. The predicted octanol–water partition coefficient (Wildman–Crippen LogP) is 1.76. The van der Waals surface area contributed by atoms with Crippen LogP contribution in [-0.4, -0.2) is 21.3 Å². The van der Waals surface area contributed by atoms with Crippen molar-refractivity contribution in [1.29, 1.82) is 0 Å². The number of hydrogen-bond donors (Lipinski definition) is 1. The minimum atomic E-state index is 0.397. The smallest absolute Gasteiger partial charge is 0.199 e. The Bertz CT molecular complexity index is 526. The fourth-order valence-electron chi connectivity index (χ4n) is 2.06. The Kier molecular flexibility index (Phi) is 2.48. The number of rotatable bonds is 2. The number of fused-ring (bicyclic) bond motifs is 1. The average molecular weight is 232 g/mol. The molecule has 0 radical (unpaired) electrons. The Morgan fingerprint density at radius 3 is 3.00 bits per heavy atom. The highest BCUT2D eigenvalue weighted by Crippen LogP contribution is 2.25. The Balaban J connectivity index is 2.00. The van der Waals surface area contributed by atoms with Crippen LogP contribution in [-0.2, 0) is 13.1 Å². The van der Waals surface area contributed by atoms with Gasteiger partial charge in [-0.1, -0.05) is 13.8 Å². The molecule has 1 aliphatic heterocycles. The largest absolute Gasteiger partial charge is 0.457 e. The second-order valence-corrected chi connectivity index (χ2v) is 4.62. The van der Waals surface area contributed by atoms with E-state index in [1.165, 1.54) is 0 Å². The lowest BCUT2D eigenvalue weighted by Gasteiger charge is -2.15. The SMILES string of the molecule is CC(C)c1ccc(-c2nnc3n2CCNC3)o1. The van der Waals surface area contributed by atoms with Crippen LogP contribution in [0.4, 0.5) is 0 Å². The van der Waals surface area contributed by atoms with Crippen LogP contribution in [0, 0.1) is 0 Å². The molecule has 0 bridgehead atoms. The summed E-state index contributed by atoms with van der Waals surface area (Å²) in [5.41, 5.74) is 0. The van der Waals surface area contributed by atoms with Gasteiger partial charge in [0.2, 0.25) is 0 Å². The van der Waals surface area contributed by atoms with Crippen molar-refractivity contribution < 1.29 is 4.42 Å². The van der Waals surface area contributed by atoms with Gasteiger partial charge >= 0.3 is 0 Å². The van der Waals surface area contributed by atoms with Gasteiger partial charge in [-0.3, -0.25) is 0 Å². The van der Waals surface area contributed by atoms with Crippen LogP contribution in [0.25, 0.3) is 11.6 Å². The molecular weight excluding hydrogens is 216 g/mol. The molecule has 90 valence electrons. The Morgan fingerprint density at radius 1 is 1.35 bits per heavy atom. The molecule has 0 spiro atoms. The second-order valence-electron chi connectivity index (χ2n) is 4.62. The summed E-state index contributed by atoms with van der Waals surface area (Å²) in [7, 11) is 0. The molecule has 2 aromatic heterocycles. The van der Waals surface area contributed by atoms with Crippen molar-refractivity contribution in [1.82, 2.24) is 20.1 Å². The third-order valence-electron chi connectivity index (χ3n) is 3.04. The summed E-state index contributed by atoms with van der Waals surface area (Å²) in [5, 5.41) is 11.7. The maximum absolute atomic E-state index is 5.81. The number of hydrogen-bond acceptors (Lipinski definition) is 4. The van der Waals surface area contributed by atoms with E-state index < -0.39 is 0 Å². The summed E-state index contributed by atoms with van der Waals surface area (Å²) in [5.74, 6) is 4.02. The fourth-order valence-corrected chi connectivity index (χ4v) is 2.06. The lowest BCUT2D eigenvalue weighted by atomic mass is 10.2. The quantitative estimate of drug-likeness (QED) is 0.857. The first-order valence-corrected chi connectivity index (χ1v) is 5.98. The molecule has 1 N–H and O–H groups in total. The first-order chi connectivity index (χ1) is 8.25. The van der Waals surface area contributed by atoms with Crippen LogP contribution < -0.4 is 5.32 Å². The summed E-state index contributed by atoms with van der Waals surface area (Å²) in [6.45, 7) is 6.87. The van der Waals surface area contributed by atoms with E-state index in [1.807, 2.05) is 12.1 Å². The minimum absolute atomic E-state index is 0.397. The number of nitrogens with zero attached hydrogens (tertiary/aromatic N) is 3. The van der Waals surface area contributed by atoms with E-state index in [1.54, 1.807) is 0 Å². The maximum Gasteiger partial charge on any atom is 0.199 e. The molecule has 0 unspecified atom stereocenters. The van der Waals surface area contributed by atoms with Gasteiger partial charge in [-0.15, -0.1) is 10.2 Å². The van der Waals surface area contributed by atoms with Crippen LogP contribution in [0.15, 0.2) is 16.5 Å². The zero-order valence-electron chi connectivity index (χ0n) is 10.1. The summed E-state index contributed by atoms with van der Waals surface area (Å²) in [4.78, 5) is 0. The van der Waals surface area contributed by atoms with E-state index in [2.05, 4.69) is 33.9 Å². The molecule has 17 heavy (non-hydrogen) atoms. The molecule has 3 heterocycles. The van der Waals surface area contributed by atoms with Crippen molar-refractivity contribution in [3.8, 4) is 11.6 Å². The average Bonchev–Trinajstić information content (AvgIpc) is 2.95. The Morgan fingerprint density at radius 2 is 2.24 bits per heavy atom. The van der Waals surface area contributed by atoms with Crippen molar-refractivity contribution in [3.63, 3.8) is 0 Å². The van der Waals surface area contributed by atoms with E-state index in [0.29, 0.717) is 5.92 Å². The van der Waals surface area contributed by atoms with Gasteiger partial charge in [-0.05, 0) is 12.1 Å². The van der Waals surface area contributed by atoms with Crippen LogP contribution in [0.2, 0.25) is 0 Å². The van der Waals surface area contributed by atoms with Crippen molar-refractivity contribution in [2.75, 3.05) is 6.54 Å². The van der Waals surface area contributed by atoms with E-state index in [0.717, 1.165) is 42.8 Å². The van der Waals surface area contributed by atoms with Crippen molar-refractivity contribution >= 4 is 0 Å². The molecule has 1 aliphatic rings. The Labute approximate surface area is 99.8 Å². The highest BCUT2D eigenvalue weighted by Gasteiger charge is 2.19.